The van der Waals surface area contributed by atoms with Crippen LogP contribution in [0.25, 0.3) is 0 Å². The average molecular weight is 219 g/mol. The van der Waals surface area contributed by atoms with Crippen LogP contribution in [0.15, 0.2) is 24.3 Å². The third-order valence-electron chi connectivity index (χ3n) is 3.07. The molecule has 1 heteroatoms. The zero-order valence-corrected chi connectivity index (χ0v) is 11.1. The van der Waals surface area contributed by atoms with Gasteiger partial charge >= 0.3 is 0 Å². The Kier molecular flexibility index (Phi) is 4.55. The number of hydrogen-bond donors (Lipinski definition) is 1. The number of unbranched alkanes of at least 4 members (excludes halogenated alkanes) is 1. The van der Waals surface area contributed by atoms with Crippen molar-refractivity contribution in [2.24, 2.45) is 5.73 Å². The second-order valence-corrected chi connectivity index (χ2v) is 5.62. The molecule has 1 rings (SSSR count). The molecule has 1 aromatic rings. The Labute approximate surface area is 100 Å². The first-order chi connectivity index (χ1) is 7.45. The van der Waals surface area contributed by atoms with Gasteiger partial charge < -0.3 is 5.73 Å². The predicted octanol–water partition coefficient (Wildman–Crippen LogP) is 4.17. The minimum atomic E-state index is 0.203. The lowest BCUT2D eigenvalue weighted by atomic mass is 9.86. The van der Waals surface area contributed by atoms with E-state index < -0.39 is 0 Å². The highest BCUT2D eigenvalue weighted by Gasteiger charge is 2.13. The van der Waals surface area contributed by atoms with Crippen molar-refractivity contribution in [1.29, 1.82) is 0 Å². The monoisotopic (exact) mass is 219 g/mol. The lowest BCUT2D eigenvalue weighted by molar-refractivity contribution is 0.585. The van der Waals surface area contributed by atoms with E-state index in [-0.39, 0.29) is 11.5 Å². The molecule has 0 unspecified atom stereocenters. The maximum Gasteiger partial charge on any atom is 0.0294 e. The van der Waals surface area contributed by atoms with Crippen LogP contribution in [-0.4, -0.2) is 0 Å². The summed E-state index contributed by atoms with van der Waals surface area (Å²) in [7, 11) is 0. The van der Waals surface area contributed by atoms with E-state index in [9.17, 15) is 0 Å². The standard InChI is InChI=1S/C15H25N/c1-5-6-7-14(16)12-8-10-13(11-9-12)15(2,3)4/h8-11,14H,5-7,16H2,1-4H3/t14-/m0/s1. The van der Waals surface area contributed by atoms with Gasteiger partial charge in [0.15, 0.2) is 0 Å². The molecular formula is C15H25N. The first kappa shape index (κ1) is 13.2. The van der Waals surface area contributed by atoms with Crippen molar-refractivity contribution < 1.29 is 0 Å². The minimum absolute atomic E-state index is 0.203. The average Bonchev–Trinajstić information content (AvgIpc) is 2.25. The second-order valence-electron chi connectivity index (χ2n) is 5.62. The van der Waals surface area contributed by atoms with Gasteiger partial charge in [-0.1, -0.05) is 64.8 Å². The van der Waals surface area contributed by atoms with Gasteiger partial charge in [-0.2, -0.15) is 0 Å². The summed E-state index contributed by atoms with van der Waals surface area (Å²) in [4.78, 5) is 0. The van der Waals surface area contributed by atoms with Crippen LogP contribution < -0.4 is 5.73 Å². The summed E-state index contributed by atoms with van der Waals surface area (Å²) in [6.45, 7) is 8.91. The van der Waals surface area contributed by atoms with Gasteiger partial charge in [-0.25, -0.2) is 0 Å². The molecule has 16 heavy (non-hydrogen) atoms. The third kappa shape index (κ3) is 3.64. The van der Waals surface area contributed by atoms with Crippen molar-refractivity contribution in [2.75, 3.05) is 0 Å². The molecule has 0 amide bonds. The van der Waals surface area contributed by atoms with Gasteiger partial charge in [0, 0.05) is 6.04 Å². The van der Waals surface area contributed by atoms with E-state index in [1.54, 1.807) is 0 Å². The van der Waals surface area contributed by atoms with E-state index >= 15 is 0 Å². The highest BCUT2D eigenvalue weighted by atomic mass is 14.6. The van der Waals surface area contributed by atoms with Crippen molar-refractivity contribution in [2.45, 2.75) is 58.4 Å². The van der Waals surface area contributed by atoms with Crippen molar-refractivity contribution in [3.05, 3.63) is 35.4 Å². The highest BCUT2D eigenvalue weighted by molar-refractivity contribution is 5.29. The lowest BCUT2D eigenvalue weighted by Crippen LogP contribution is -2.13. The van der Waals surface area contributed by atoms with Gasteiger partial charge in [-0.05, 0) is 23.0 Å². The molecule has 0 spiro atoms. The normalized spacial score (nSPS) is 13.8. The van der Waals surface area contributed by atoms with Gasteiger partial charge in [-0.3, -0.25) is 0 Å². The summed E-state index contributed by atoms with van der Waals surface area (Å²) in [5.41, 5.74) is 9.01. The van der Waals surface area contributed by atoms with Crippen molar-refractivity contribution >= 4 is 0 Å². The largest absolute Gasteiger partial charge is 0.324 e. The molecule has 0 saturated heterocycles. The Bertz CT molecular complexity index is 305. The van der Waals surface area contributed by atoms with Crippen LogP contribution in [0.3, 0.4) is 0 Å². The molecule has 0 heterocycles. The van der Waals surface area contributed by atoms with Crippen LogP contribution in [0.4, 0.5) is 0 Å². The Balaban J connectivity index is 2.71. The van der Waals surface area contributed by atoms with Gasteiger partial charge in [0.1, 0.15) is 0 Å². The number of rotatable bonds is 4. The van der Waals surface area contributed by atoms with Crippen molar-refractivity contribution in [3.8, 4) is 0 Å². The summed E-state index contributed by atoms with van der Waals surface area (Å²) in [5.74, 6) is 0. The van der Waals surface area contributed by atoms with Gasteiger partial charge in [0.2, 0.25) is 0 Å². The second kappa shape index (κ2) is 5.49. The summed E-state index contributed by atoms with van der Waals surface area (Å²) in [6, 6.07) is 8.98. The summed E-state index contributed by atoms with van der Waals surface area (Å²) < 4.78 is 0. The Morgan fingerprint density at radius 3 is 2.12 bits per heavy atom. The molecule has 1 nitrogen and oxygen atoms in total. The van der Waals surface area contributed by atoms with E-state index in [1.165, 1.54) is 24.0 Å². The Morgan fingerprint density at radius 1 is 1.12 bits per heavy atom. The zero-order valence-electron chi connectivity index (χ0n) is 11.1. The van der Waals surface area contributed by atoms with Crippen molar-refractivity contribution in [3.63, 3.8) is 0 Å². The van der Waals surface area contributed by atoms with E-state index in [0.29, 0.717) is 0 Å². The first-order valence-electron chi connectivity index (χ1n) is 6.31. The van der Waals surface area contributed by atoms with Crippen LogP contribution in [0.1, 0.15) is 64.1 Å². The van der Waals surface area contributed by atoms with Crippen LogP contribution >= 0.6 is 0 Å². The number of nitrogens with two attached hydrogens (primary N) is 1. The van der Waals surface area contributed by atoms with Crippen LogP contribution in [0, 0.1) is 0 Å². The molecule has 0 saturated carbocycles. The molecule has 0 bridgehead atoms. The quantitative estimate of drug-likeness (QED) is 0.808. The number of hydrogen-bond acceptors (Lipinski definition) is 1. The predicted molar refractivity (Wildman–Crippen MR) is 71.6 cm³/mol. The molecule has 0 aliphatic rings. The zero-order chi connectivity index (χ0) is 12.2. The maximum atomic E-state index is 6.14. The van der Waals surface area contributed by atoms with E-state index in [4.69, 9.17) is 5.73 Å². The van der Waals surface area contributed by atoms with Crippen LogP contribution in [0.2, 0.25) is 0 Å². The fraction of sp³-hybridized carbons (Fsp3) is 0.600. The molecular weight excluding hydrogens is 194 g/mol. The third-order valence-corrected chi connectivity index (χ3v) is 3.07. The molecule has 0 radical (unpaired) electrons. The molecule has 1 aromatic carbocycles. The molecule has 0 aromatic heterocycles. The van der Waals surface area contributed by atoms with E-state index in [1.807, 2.05) is 0 Å². The van der Waals surface area contributed by atoms with Crippen molar-refractivity contribution in [1.82, 2.24) is 0 Å². The highest BCUT2D eigenvalue weighted by Crippen LogP contribution is 2.24. The van der Waals surface area contributed by atoms with Gasteiger partial charge in [-0.15, -0.1) is 0 Å². The smallest absolute Gasteiger partial charge is 0.0294 e. The molecule has 0 aliphatic carbocycles. The maximum absolute atomic E-state index is 6.14. The first-order valence-corrected chi connectivity index (χ1v) is 6.31. The molecule has 0 aliphatic heterocycles. The fourth-order valence-electron chi connectivity index (χ4n) is 1.82. The Hall–Kier alpha value is -0.820. The topological polar surface area (TPSA) is 26.0 Å². The summed E-state index contributed by atoms with van der Waals surface area (Å²) >= 11 is 0. The molecule has 1 atom stereocenters. The lowest BCUT2D eigenvalue weighted by Gasteiger charge is -2.20. The number of benzene rings is 1. The van der Waals surface area contributed by atoms with E-state index in [2.05, 4.69) is 52.0 Å². The van der Waals surface area contributed by atoms with E-state index in [0.717, 1.165) is 6.42 Å². The summed E-state index contributed by atoms with van der Waals surface area (Å²) in [5, 5.41) is 0. The summed E-state index contributed by atoms with van der Waals surface area (Å²) in [6.07, 6.45) is 3.52. The van der Waals surface area contributed by atoms with Gasteiger partial charge in [0.25, 0.3) is 0 Å². The Morgan fingerprint density at radius 2 is 1.69 bits per heavy atom. The molecule has 2 N–H and O–H groups in total. The fourth-order valence-corrected chi connectivity index (χ4v) is 1.82. The SMILES string of the molecule is CCCC[C@H](N)c1ccc(C(C)(C)C)cc1. The van der Waals surface area contributed by atoms with Crippen LogP contribution in [-0.2, 0) is 5.41 Å². The molecule has 0 fully saturated rings. The van der Waals surface area contributed by atoms with Gasteiger partial charge in [0.05, 0.1) is 0 Å². The minimum Gasteiger partial charge on any atom is -0.324 e. The molecule has 90 valence electrons. The van der Waals surface area contributed by atoms with Crippen LogP contribution in [0.5, 0.6) is 0 Å².